The second kappa shape index (κ2) is 9.64. The summed E-state index contributed by atoms with van der Waals surface area (Å²) in [6, 6.07) is 41.7. The lowest BCUT2D eigenvalue weighted by Gasteiger charge is -2.29. The topological polar surface area (TPSA) is 3.24 Å². The number of nitrogens with zero attached hydrogens (tertiary/aromatic N) is 1. The normalized spacial score (nSPS) is 10.9. The number of hydrogen-bond acceptors (Lipinski definition) is 1. The molecule has 172 valence electrons. The zero-order chi connectivity index (χ0) is 24.4. The van der Waals surface area contributed by atoms with Crippen LogP contribution in [0.25, 0.3) is 22.3 Å². The van der Waals surface area contributed by atoms with E-state index >= 15 is 0 Å². The molecule has 5 rings (SSSR count). The zero-order valence-electron chi connectivity index (χ0n) is 20.9. The van der Waals surface area contributed by atoms with Crippen LogP contribution in [0.3, 0.4) is 0 Å². The average Bonchev–Trinajstić information content (AvgIpc) is 2.89. The number of rotatable bonds is 5. The Morgan fingerprint density at radius 1 is 0.400 bits per heavy atom. The molecule has 0 unspecified atom stereocenters. The van der Waals surface area contributed by atoms with Crippen LogP contribution in [0.2, 0.25) is 0 Å². The van der Waals surface area contributed by atoms with Crippen molar-refractivity contribution in [2.24, 2.45) is 0 Å². The minimum absolute atomic E-state index is 1.17. The summed E-state index contributed by atoms with van der Waals surface area (Å²) in [7, 11) is 0. The molecule has 35 heavy (non-hydrogen) atoms. The highest BCUT2D eigenvalue weighted by Gasteiger charge is 2.19. The standard InChI is InChI=1S/C34H31N/c1-24-15-18-31(21-26(24)3)35(32-19-16-25(2)27(4)22-32)34-20-17-30(28-11-7-5-8-12-28)23-33(34)29-13-9-6-10-14-29/h5-23H,1-4H3. The fourth-order valence-corrected chi connectivity index (χ4v) is 4.55. The summed E-state index contributed by atoms with van der Waals surface area (Å²) >= 11 is 0. The molecule has 0 N–H and O–H groups in total. The predicted octanol–water partition coefficient (Wildman–Crippen LogP) is 9.72. The summed E-state index contributed by atoms with van der Waals surface area (Å²) < 4.78 is 0. The van der Waals surface area contributed by atoms with E-state index in [0.29, 0.717) is 0 Å². The molecule has 0 heterocycles. The van der Waals surface area contributed by atoms with Crippen molar-refractivity contribution in [1.29, 1.82) is 0 Å². The highest BCUT2D eigenvalue weighted by molar-refractivity contribution is 5.90. The summed E-state index contributed by atoms with van der Waals surface area (Å²) in [5, 5.41) is 0. The van der Waals surface area contributed by atoms with Gasteiger partial charge >= 0.3 is 0 Å². The van der Waals surface area contributed by atoms with E-state index in [1.807, 2.05) is 0 Å². The SMILES string of the molecule is Cc1ccc(N(c2ccc(C)c(C)c2)c2ccc(-c3ccccc3)cc2-c2ccccc2)cc1C. The molecule has 0 aliphatic rings. The molecule has 0 amide bonds. The second-order valence-corrected chi connectivity index (χ2v) is 9.34. The van der Waals surface area contributed by atoms with E-state index in [4.69, 9.17) is 0 Å². The first-order valence-corrected chi connectivity index (χ1v) is 12.2. The molecular formula is C34H31N. The van der Waals surface area contributed by atoms with Crippen molar-refractivity contribution in [2.75, 3.05) is 4.90 Å². The van der Waals surface area contributed by atoms with E-state index in [0.717, 1.165) is 0 Å². The quantitative estimate of drug-likeness (QED) is 0.256. The van der Waals surface area contributed by atoms with E-state index in [2.05, 4.69) is 148 Å². The Kier molecular flexibility index (Phi) is 6.25. The molecule has 0 aliphatic carbocycles. The average molecular weight is 454 g/mol. The highest BCUT2D eigenvalue weighted by Crippen LogP contribution is 2.43. The molecule has 0 radical (unpaired) electrons. The Morgan fingerprint density at radius 3 is 1.43 bits per heavy atom. The van der Waals surface area contributed by atoms with Gasteiger partial charge in [0.15, 0.2) is 0 Å². The Morgan fingerprint density at radius 2 is 0.914 bits per heavy atom. The van der Waals surface area contributed by atoms with Crippen molar-refractivity contribution in [1.82, 2.24) is 0 Å². The van der Waals surface area contributed by atoms with E-state index in [-0.39, 0.29) is 0 Å². The Labute approximate surface area is 209 Å². The van der Waals surface area contributed by atoms with Crippen LogP contribution in [-0.4, -0.2) is 0 Å². The molecule has 0 bridgehead atoms. The van der Waals surface area contributed by atoms with Crippen molar-refractivity contribution in [3.05, 3.63) is 138 Å². The lowest BCUT2D eigenvalue weighted by Crippen LogP contribution is -2.12. The molecule has 0 aromatic heterocycles. The molecule has 0 spiro atoms. The first kappa shape index (κ1) is 22.7. The Balaban J connectivity index is 1.78. The maximum absolute atomic E-state index is 2.40. The van der Waals surface area contributed by atoms with Crippen LogP contribution in [-0.2, 0) is 0 Å². The van der Waals surface area contributed by atoms with Gasteiger partial charge in [0, 0.05) is 16.9 Å². The van der Waals surface area contributed by atoms with Gasteiger partial charge in [-0.25, -0.2) is 0 Å². The van der Waals surface area contributed by atoms with Crippen LogP contribution in [0, 0.1) is 27.7 Å². The summed E-state index contributed by atoms with van der Waals surface area (Å²) in [4.78, 5) is 2.40. The molecule has 5 aromatic rings. The number of aryl methyl sites for hydroxylation is 4. The van der Waals surface area contributed by atoms with Crippen LogP contribution >= 0.6 is 0 Å². The van der Waals surface area contributed by atoms with Gasteiger partial charge < -0.3 is 4.90 Å². The van der Waals surface area contributed by atoms with Crippen LogP contribution < -0.4 is 4.90 Å². The monoisotopic (exact) mass is 453 g/mol. The molecule has 0 saturated carbocycles. The zero-order valence-corrected chi connectivity index (χ0v) is 20.9. The van der Waals surface area contributed by atoms with Gasteiger partial charge in [-0.1, -0.05) is 78.9 Å². The van der Waals surface area contributed by atoms with Gasteiger partial charge in [0.25, 0.3) is 0 Å². The summed E-state index contributed by atoms with van der Waals surface area (Å²) in [6.07, 6.45) is 0. The third-order valence-electron chi connectivity index (χ3n) is 6.93. The first-order valence-electron chi connectivity index (χ1n) is 12.2. The predicted molar refractivity (Wildman–Crippen MR) is 151 cm³/mol. The molecular weight excluding hydrogens is 422 g/mol. The Hall–Kier alpha value is -4.10. The van der Waals surface area contributed by atoms with E-state index in [1.54, 1.807) is 0 Å². The van der Waals surface area contributed by atoms with Crippen LogP contribution in [0.4, 0.5) is 17.1 Å². The van der Waals surface area contributed by atoms with E-state index < -0.39 is 0 Å². The molecule has 5 aromatic carbocycles. The molecule has 1 heteroatoms. The van der Waals surface area contributed by atoms with Gasteiger partial charge in [0.2, 0.25) is 0 Å². The van der Waals surface area contributed by atoms with Crippen LogP contribution in [0.15, 0.2) is 115 Å². The lowest BCUT2D eigenvalue weighted by atomic mass is 9.96. The summed E-state index contributed by atoms with van der Waals surface area (Å²) in [5.74, 6) is 0. The van der Waals surface area contributed by atoms with Crippen molar-refractivity contribution in [3.63, 3.8) is 0 Å². The smallest absolute Gasteiger partial charge is 0.0540 e. The maximum Gasteiger partial charge on any atom is 0.0540 e. The second-order valence-electron chi connectivity index (χ2n) is 9.34. The van der Waals surface area contributed by atoms with Gasteiger partial charge in [-0.15, -0.1) is 0 Å². The fraction of sp³-hybridized carbons (Fsp3) is 0.118. The van der Waals surface area contributed by atoms with Gasteiger partial charge in [0.05, 0.1) is 5.69 Å². The van der Waals surface area contributed by atoms with Crippen molar-refractivity contribution in [3.8, 4) is 22.3 Å². The van der Waals surface area contributed by atoms with Crippen molar-refractivity contribution < 1.29 is 0 Å². The molecule has 0 fully saturated rings. The third kappa shape index (κ3) is 4.63. The fourth-order valence-electron chi connectivity index (χ4n) is 4.55. The van der Waals surface area contributed by atoms with Gasteiger partial charge in [0.1, 0.15) is 0 Å². The number of benzene rings is 5. The van der Waals surface area contributed by atoms with E-state index in [9.17, 15) is 0 Å². The summed E-state index contributed by atoms with van der Waals surface area (Å²) in [5.41, 5.74) is 13.5. The summed E-state index contributed by atoms with van der Waals surface area (Å²) in [6.45, 7) is 8.72. The van der Waals surface area contributed by atoms with Crippen molar-refractivity contribution >= 4 is 17.1 Å². The molecule has 0 aliphatic heterocycles. The van der Waals surface area contributed by atoms with Crippen molar-refractivity contribution in [2.45, 2.75) is 27.7 Å². The van der Waals surface area contributed by atoms with Crippen LogP contribution in [0.1, 0.15) is 22.3 Å². The molecule has 1 nitrogen and oxygen atoms in total. The first-order chi connectivity index (χ1) is 17.0. The maximum atomic E-state index is 2.40. The lowest BCUT2D eigenvalue weighted by molar-refractivity contribution is 1.23. The highest BCUT2D eigenvalue weighted by atomic mass is 15.1. The van der Waals surface area contributed by atoms with Gasteiger partial charge in [-0.3, -0.25) is 0 Å². The van der Waals surface area contributed by atoms with Crippen LogP contribution in [0.5, 0.6) is 0 Å². The van der Waals surface area contributed by atoms with Gasteiger partial charge in [-0.05, 0) is 103 Å². The van der Waals surface area contributed by atoms with E-state index in [1.165, 1.54) is 61.6 Å². The third-order valence-corrected chi connectivity index (χ3v) is 6.93. The molecule has 0 atom stereocenters. The Bertz CT molecular complexity index is 1410. The number of hydrogen-bond donors (Lipinski definition) is 0. The van der Waals surface area contributed by atoms with Gasteiger partial charge in [-0.2, -0.15) is 0 Å². The largest absolute Gasteiger partial charge is 0.310 e. The molecule has 0 saturated heterocycles. The number of anilines is 3. The minimum Gasteiger partial charge on any atom is -0.310 e. The minimum atomic E-state index is 1.17.